The third-order valence-electron chi connectivity index (χ3n) is 5.55. The van der Waals surface area contributed by atoms with Gasteiger partial charge in [-0.2, -0.15) is 9.78 Å². The fourth-order valence-electron chi connectivity index (χ4n) is 4.05. The van der Waals surface area contributed by atoms with Crippen molar-refractivity contribution in [3.8, 4) is 0 Å². The zero-order valence-electron chi connectivity index (χ0n) is 16.1. The average molecular weight is 512 g/mol. The van der Waals surface area contributed by atoms with E-state index >= 15 is 0 Å². The SMILES string of the molecule is O=c1oc2ccc(Br)cc2cc1C1=CSc2nc3sc4c(c3c(=O)n2N=C1)CCCC4. The molecular weight excluding hydrogens is 498 g/mol. The van der Waals surface area contributed by atoms with Crippen LogP contribution >= 0.6 is 39.0 Å². The Morgan fingerprint density at radius 3 is 2.90 bits per heavy atom. The lowest BCUT2D eigenvalue weighted by Gasteiger charge is -2.10. The fourth-order valence-corrected chi connectivity index (χ4v) is 6.53. The summed E-state index contributed by atoms with van der Waals surface area (Å²) in [5.41, 5.74) is 2.03. The molecule has 4 heterocycles. The predicted octanol–water partition coefficient (Wildman–Crippen LogP) is 5.19. The Kier molecular flexibility index (Phi) is 4.52. The van der Waals surface area contributed by atoms with Crippen molar-refractivity contribution in [1.29, 1.82) is 0 Å². The highest BCUT2D eigenvalue weighted by Gasteiger charge is 2.23. The highest BCUT2D eigenvalue weighted by atomic mass is 79.9. The van der Waals surface area contributed by atoms with Gasteiger partial charge < -0.3 is 4.42 Å². The third kappa shape index (κ3) is 3.14. The van der Waals surface area contributed by atoms with E-state index in [1.807, 2.05) is 12.1 Å². The summed E-state index contributed by atoms with van der Waals surface area (Å²) in [5.74, 6) is 0. The van der Waals surface area contributed by atoms with Crippen LogP contribution in [0.4, 0.5) is 0 Å². The molecule has 0 bridgehead atoms. The van der Waals surface area contributed by atoms with Crippen LogP contribution in [0.1, 0.15) is 28.8 Å². The van der Waals surface area contributed by atoms with Gasteiger partial charge in [0.1, 0.15) is 10.4 Å². The predicted molar refractivity (Wildman–Crippen MR) is 128 cm³/mol. The summed E-state index contributed by atoms with van der Waals surface area (Å²) in [6.45, 7) is 0. The Hall–Kier alpha value is -2.49. The molecule has 0 saturated heterocycles. The van der Waals surface area contributed by atoms with Crippen LogP contribution < -0.4 is 11.2 Å². The van der Waals surface area contributed by atoms with E-state index in [1.165, 1.54) is 27.5 Å². The van der Waals surface area contributed by atoms with Crippen LogP contribution in [0.5, 0.6) is 0 Å². The van der Waals surface area contributed by atoms with Crippen molar-refractivity contribution in [2.24, 2.45) is 5.10 Å². The molecule has 0 amide bonds. The van der Waals surface area contributed by atoms with Crippen LogP contribution in [0.3, 0.4) is 0 Å². The zero-order valence-corrected chi connectivity index (χ0v) is 19.3. The van der Waals surface area contributed by atoms with Crippen LogP contribution in [0.15, 0.2) is 58.4 Å². The standard InChI is InChI=1S/C22H14BrN3O3S2/c23-13-5-6-16-11(7-13)8-15(21(28)29-16)12-9-24-26-20(27)18-14-3-1-2-4-17(14)31-19(18)25-22(26)30-10-12/h5-10H,1-4H2. The molecule has 154 valence electrons. The van der Waals surface area contributed by atoms with Crippen LogP contribution in [0.2, 0.25) is 0 Å². The van der Waals surface area contributed by atoms with Gasteiger partial charge in [-0.1, -0.05) is 27.7 Å². The van der Waals surface area contributed by atoms with Crippen LogP contribution in [0, 0.1) is 0 Å². The van der Waals surface area contributed by atoms with Crippen LogP contribution in [-0.2, 0) is 12.8 Å². The number of hydrogen-bond acceptors (Lipinski definition) is 7. The number of benzene rings is 1. The molecule has 2 aliphatic rings. The second-order valence-corrected chi connectivity index (χ2v) is 10.3. The van der Waals surface area contributed by atoms with Crippen molar-refractivity contribution < 1.29 is 4.42 Å². The smallest absolute Gasteiger partial charge is 0.344 e. The number of allylic oxidation sites excluding steroid dienone is 1. The minimum atomic E-state index is -0.450. The van der Waals surface area contributed by atoms with Gasteiger partial charge in [-0.05, 0) is 60.9 Å². The molecule has 6 nitrogen and oxygen atoms in total. The molecule has 1 aliphatic carbocycles. The van der Waals surface area contributed by atoms with E-state index in [-0.39, 0.29) is 5.56 Å². The van der Waals surface area contributed by atoms with Crippen molar-refractivity contribution in [3.05, 3.63) is 70.9 Å². The molecule has 0 atom stereocenters. The van der Waals surface area contributed by atoms with E-state index in [0.717, 1.165) is 45.9 Å². The lowest BCUT2D eigenvalue weighted by atomic mass is 9.97. The van der Waals surface area contributed by atoms with Gasteiger partial charge >= 0.3 is 5.63 Å². The number of aryl methyl sites for hydroxylation is 2. The molecule has 4 aromatic rings. The van der Waals surface area contributed by atoms with Crippen molar-refractivity contribution in [1.82, 2.24) is 9.66 Å². The molecule has 1 aromatic carbocycles. The van der Waals surface area contributed by atoms with Gasteiger partial charge in [0, 0.05) is 20.3 Å². The van der Waals surface area contributed by atoms with E-state index in [0.29, 0.717) is 27.3 Å². The highest BCUT2D eigenvalue weighted by Crippen LogP contribution is 2.35. The van der Waals surface area contributed by atoms with Gasteiger partial charge in [-0.15, -0.1) is 11.3 Å². The van der Waals surface area contributed by atoms with Crippen LogP contribution in [-0.4, -0.2) is 15.9 Å². The van der Waals surface area contributed by atoms with Gasteiger partial charge in [-0.3, -0.25) is 4.79 Å². The number of thioether (sulfide) groups is 1. The second-order valence-electron chi connectivity index (χ2n) is 7.47. The molecule has 6 rings (SSSR count). The maximum absolute atomic E-state index is 13.3. The first-order chi connectivity index (χ1) is 15.1. The second kappa shape index (κ2) is 7.29. The summed E-state index contributed by atoms with van der Waals surface area (Å²) in [5, 5.41) is 8.19. The largest absolute Gasteiger partial charge is 0.422 e. The summed E-state index contributed by atoms with van der Waals surface area (Å²) in [7, 11) is 0. The van der Waals surface area contributed by atoms with E-state index in [2.05, 4.69) is 21.0 Å². The summed E-state index contributed by atoms with van der Waals surface area (Å²) >= 11 is 6.35. The molecule has 0 unspecified atom stereocenters. The topological polar surface area (TPSA) is 77.5 Å². The van der Waals surface area contributed by atoms with Gasteiger partial charge in [-0.25, -0.2) is 9.78 Å². The minimum absolute atomic E-state index is 0.146. The zero-order chi connectivity index (χ0) is 21.1. The van der Waals surface area contributed by atoms with E-state index in [4.69, 9.17) is 9.40 Å². The Labute approximate surface area is 192 Å². The Morgan fingerprint density at radius 1 is 1.13 bits per heavy atom. The Morgan fingerprint density at radius 2 is 2.00 bits per heavy atom. The first-order valence-electron chi connectivity index (χ1n) is 9.81. The third-order valence-corrected chi connectivity index (χ3v) is 8.07. The molecule has 1 aliphatic heterocycles. The average Bonchev–Trinajstić information content (AvgIpc) is 3.00. The summed E-state index contributed by atoms with van der Waals surface area (Å²) in [4.78, 5) is 32.7. The molecule has 0 fully saturated rings. The van der Waals surface area contributed by atoms with Crippen molar-refractivity contribution >= 4 is 72.0 Å². The normalized spacial score (nSPS) is 15.6. The van der Waals surface area contributed by atoms with Gasteiger partial charge in [0.2, 0.25) is 0 Å². The van der Waals surface area contributed by atoms with E-state index in [1.54, 1.807) is 28.9 Å². The molecular formula is C22H14BrN3O3S2. The Balaban J connectivity index is 1.49. The van der Waals surface area contributed by atoms with Crippen molar-refractivity contribution in [2.75, 3.05) is 0 Å². The van der Waals surface area contributed by atoms with E-state index in [9.17, 15) is 9.59 Å². The number of halogens is 1. The van der Waals surface area contributed by atoms with Crippen molar-refractivity contribution in [3.63, 3.8) is 0 Å². The summed E-state index contributed by atoms with van der Waals surface area (Å²) in [6, 6.07) is 7.25. The van der Waals surface area contributed by atoms with Crippen molar-refractivity contribution in [2.45, 2.75) is 30.8 Å². The highest BCUT2D eigenvalue weighted by molar-refractivity contribution is 9.10. The molecule has 9 heteroatoms. The number of hydrogen-bond donors (Lipinski definition) is 0. The lowest BCUT2D eigenvalue weighted by molar-refractivity contribution is 0.559. The lowest BCUT2D eigenvalue weighted by Crippen LogP contribution is -2.20. The first-order valence-corrected chi connectivity index (χ1v) is 12.3. The number of fused-ring (bicyclic) bond motifs is 5. The van der Waals surface area contributed by atoms with Gasteiger partial charge in [0.15, 0.2) is 5.16 Å². The summed E-state index contributed by atoms with van der Waals surface area (Å²) < 4.78 is 7.72. The Bertz CT molecular complexity index is 1580. The number of thiophene rings is 1. The maximum atomic E-state index is 13.3. The van der Waals surface area contributed by atoms with Gasteiger partial charge in [0.05, 0.1) is 17.2 Å². The quantitative estimate of drug-likeness (QED) is 0.259. The van der Waals surface area contributed by atoms with E-state index < -0.39 is 5.63 Å². The molecule has 0 saturated carbocycles. The number of nitrogens with zero attached hydrogens (tertiary/aromatic N) is 3. The monoisotopic (exact) mass is 511 g/mol. The molecule has 0 N–H and O–H groups in total. The fraction of sp³-hybridized carbons (Fsp3) is 0.182. The molecule has 0 radical (unpaired) electrons. The minimum Gasteiger partial charge on any atom is -0.422 e. The number of rotatable bonds is 1. The molecule has 31 heavy (non-hydrogen) atoms. The molecule has 3 aromatic heterocycles. The summed E-state index contributed by atoms with van der Waals surface area (Å²) in [6.07, 6.45) is 5.72. The number of aromatic nitrogens is 2. The molecule has 0 spiro atoms. The van der Waals surface area contributed by atoms with Gasteiger partial charge in [0.25, 0.3) is 5.56 Å². The maximum Gasteiger partial charge on any atom is 0.344 e. The first kappa shape index (κ1) is 19.2. The van der Waals surface area contributed by atoms with Crippen LogP contribution in [0.25, 0.3) is 26.8 Å².